The molecule has 3 aromatic rings. The number of carboxylic acid groups (broad SMARTS) is 1. The summed E-state index contributed by atoms with van der Waals surface area (Å²) in [5.74, 6) is -1.06. The average molecular weight is 430 g/mol. The molecule has 0 aliphatic rings. The van der Waals surface area contributed by atoms with Gasteiger partial charge in [-0.1, -0.05) is 48.9 Å². The number of nitrogens with zero attached hydrogens (tertiary/aromatic N) is 1. The van der Waals surface area contributed by atoms with Crippen LogP contribution in [-0.4, -0.2) is 19.5 Å². The normalized spacial score (nSPS) is 11.2. The van der Waals surface area contributed by atoms with Gasteiger partial charge in [0.1, 0.15) is 0 Å². The van der Waals surface area contributed by atoms with E-state index in [2.05, 4.69) is 0 Å². The van der Waals surface area contributed by atoms with E-state index in [0.29, 0.717) is 22.7 Å². The van der Waals surface area contributed by atoms with E-state index in [1.165, 1.54) is 40.7 Å². The minimum absolute atomic E-state index is 0.00307. The van der Waals surface area contributed by atoms with E-state index in [4.69, 9.17) is 11.6 Å². The molecule has 7 heteroatoms. The predicted octanol–water partition coefficient (Wildman–Crippen LogP) is 5.00. The molecule has 0 amide bonds. The first-order valence-electron chi connectivity index (χ1n) is 9.01. The van der Waals surface area contributed by atoms with Gasteiger partial charge in [0.25, 0.3) is 10.0 Å². The number of halogens is 1. The van der Waals surface area contributed by atoms with Crippen molar-refractivity contribution >= 4 is 33.3 Å². The van der Waals surface area contributed by atoms with E-state index < -0.39 is 16.0 Å². The van der Waals surface area contributed by atoms with Crippen molar-refractivity contribution in [1.82, 2.24) is 0 Å². The Bertz CT molecular complexity index is 1130. The highest BCUT2D eigenvalue weighted by molar-refractivity contribution is 7.92. The molecule has 0 atom stereocenters. The number of carboxylic acids is 1. The number of para-hydroxylation sites is 1. The fourth-order valence-electron chi connectivity index (χ4n) is 3.06. The molecular weight excluding hydrogens is 410 g/mol. The van der Waals surface area contributed by atoms with Crippen LogP contribution in [0.1, 0.15) is 28.4 Å². The second kappa shape index (κ2) is 8.68. The van der Waals surface area contributed by atoms with Gasteiger partial charge in [0.05, 0.1) is 22.7 Å². The highest BCUT2D eigenvalue weighted by Gasteiger charge is 2.27. The fraction of sp³-hybridized carbons (Fsp3) is 0.136. The molecule has 0 spiro atoms. The summed E-state index contributed by atoms with van der Waals surface area (Å²) in [5.41, 5.74) is 2.12. The predicted molar refractivity (Wildman–Crippen MR) is 114 cm³/mol. The molecule has 3 aromatic carbocycles. The Hall–Kier alpha value is -2.83. The molecule has 0 radical (unpaired) electrons. The SMILES string of the molecule is CCc1ccccc1N(Cc1cccc(C(=O)O)c1)S(=O)(=O)c1ccc(Cl)cc1. The third kappa shape index (κ3) is 4.60. The lowest BCUT2D eigenvalue weighted by atomic mass is 10.1. The van der Waals surface area contributed by atoms with E-state index in [9.17, 15) is 18.3 Å². The molecule has 0 saturated heterocycles. The maximum Gasteiger partial charge on any atom is 0.335 e. The van der Waals surface area contributed by atoms with Gasteiger partial charge in [-0.2, -0.15) is 0 Å². The molecule has 29 heavy (non-hydrogen) atoms. The highest BCUT2D eigenvalue weighted by atomic mass is 35.5. The van der Waals surface area contributed by atoms with E-state index >= 15 is 0 Å². The van der Waals surface area contributed by atoms with E-state index in [0.717, 1.165) is 5.56 Å². The first kappa shape index (κ1) is 20.9. The second-order valence-electron chi connectivity index (χ2n) is 6.45. The van der Waals surface area contributed by atoms with Crippen LogP contribution in [0.3, 0.4) is 0 Å². The van der Waals surface area contributed by atoms with Gasteiger partial charge < -0.3 is 5.11 Å². The minimum Gasteiger partial charge on any atom is -0.478 e. The van der Waals surface area contributed by atoms with E-state index in [-0.39, 0.29) is 17.0 Å². The van der Waals surface area contributed by atoms with Crippen molar-refractivity contribution in [3.8, 4) is 0 Å². The van der Waals surface area contributed by atoms with Crippen LogP contribution in [-0.2, 0) is 23.0 Å². The molecule has 0 unspecified atom stereocenters. The molecule has 5 nitrogen and oxygen atoms in total. The number of aromatic carboxylic acids is 1. The van der Waals surface area contributed by atoms with Gasteiger partial charge in [0.2, 0.25) is 0 Å². The van der Waals surface area contributed by atoms with Crippen molar-refractivity contribution < 1.29 is 18.3 Å². The Morgan fingerprint density at radius 2 is 1.69 bits per heavy atom. The van der Waals surface area contributed by atoms with Gasteiger partial charge in [-0.15, -0.1) is 0 Å². The minimum atomic E-state index is -3.91. The average Bonchev–Trinajstić information content (AvgIpc) is 2.72. The zero-order chi connectivity index (χ0) is 21.0. The zero-order valence-corrected chi connectivity index (χ0v) is 17.3. The third-order valence-electron chi connectivity index (χ3n) is 4.54. The van der Waals surface area contributed by atoms with Crippen LogP contribution in [0.2, 0.25) is 5.02 Å². The Balaban J connectivity index is 2.13. The molecule has 0 bridgehead atoms. The maximum absolute atomic E-state index is 13.5. The summed E-state index contributed by atoms with van der Waals surface area (Å²) < 4.78 is 28.3. The van der Waals surface area contributed by atoms with Crippen molar-refractivity contribution in [2.45, 2.75) is 24.8 Å². The number of anilines is 1. The summed E-state index contributed by atoms with van der Waals surface area (Å²) in [6, 6.07) is 19.6. The van der Waals surface area contributed by atoms with Crippen molar-refractivity contribution in [3.05, 3.63) is 94.5 Å². The van der Waals surface area contributed by atoms with Crippen LogP contribution in [0, 0.1) is 0 Å². The largest absolute Gasteiger partial charge is 0.478 e. The lowest BCUT2D eigenvalue weighted by Crippen LogP contribution is -2.31. The van der Waals surface area contributed by atoms with Crippen molar-refractivity contribution in [1.29, 1.82) is 0 Å². The van der Waals surface area contributed by atoms with Gasteiger partial charge in [-0.05, 0) is 60.0 Å². The summed E-state index contributed by atoms with van der Waals surface area (Å²) in [5, 5.41) is 9.71. The number of carbonyl (C=O) groups is 1. The van der Waals surface area contributed by atoms with Crippen molar-refractivity contribution in [2.75, 3.05) is 4.31 Å². The van der Waals surface area contributed by atoms with Gasteiger partial charge >= 0.3 is 5.97 Å². The molecule has 3 rings (SSSR count). The summed E-state index contributed by atoms with van der Waals surface area (Å²) in [7, 11) is -3.91. The van der Waals surface area contributed by atoms with Crippen LogP contribution in [0.5, 0.6) is 0 Å². The Morgan fingerprint density at radius 3 is 2.34 bits per heavy atom. The number of rotatable bonds is 7. The molecular formula is C22H20ClNO4S. The molecule has 0 aliphatic heterocycles. The van der Waals surface area contributed by atoms with Crippen LogP contribution < -0.4 is 4.31 Å². The van der Waals surface area contributed by atoms with Gasteiger partial charge in [0.15, 0.2) is 0 Å². The van der Waals surface area contributed by atoms with Crippen molar-refractivity contribution in [2.24, 2.45) is 0 Å². The van der Waals surface area contributed by atoms with Crippen LogP contribution in [0.4, 0.5) is 5.69 Å². The molecule has 1 N–H and O–H groups in total. The second-order valence-corrected chi connectivity index (χ2v) is 8.75. The molecule has 0 saturated carbocycles. The van der Waals surface area contributed by atoms with E-state index in [1.54, 1.807) is 24.3 Å². The molecule has 0 aromatic heterocycles. The summed E-state index contributed by atoms with van der Waals surface area (Å²) in [6.07, 6.45) is 0.651. The van der Waals surface area contributed by atoms with Crippen LogP contribution in [0.15, 0.2) is 77.7 Å². The van der Waals surface area contributed by atoms with Gasteiger partial charge in [0, 0.05) is 5.02 Å². The lowest BCUT2D eigenvalue weighted by Gasteiger charge is -2.27. The first-order chi connectivity index (χ1) is 13.8. The fourth-order valence-corrected chi connectivity index (χ4v) is 4.67. The molecule has 0 heterocycles. The Morgan fingerprint density at radius 1 is 1.00 bits per heavy atom. The topological polar surface area (TPSA) is 74.7 Å². The van der Waals surface area contributed by atoms with Gasteiger partial charge in [-0.25, -0.2) is 13.2 Å². The quantitative estimate of drug-likeness (QED) is 0.573. The zero-order valence-electron chi connectivity index (χ0n) is 15.7. The summed E-state index contributed by atoms with van der Waals surface area (Å²) in [6.45, 7) is 1.96. The maximum atomic E-state index is 13.5. The number of hydrogen-bond acceptors (Lipinski definition) is 3. The van der Waals surface area contributed by atoms with Crippen LogP contribution in [0.25, 0.3) is 0 Å². The van der Waals surface area contributed by atoms with Crippen molar-refractivity contribution in [3.63, 3.8) is 0 Å². The highest BCUT2D eigenvalue weighted by Crippen LogP contribution is 2.30. The first-order valence-corrected chi connectivity index (χ1v) is 10.8. The Labute approximate surface area is 175 Å². The summed E-state index contributed by atoms with van der Waals surface area (Å²) >= 11 is 5.92. The number of sulfonamides is 1. The summed E-state index contributed by atoms with van der Waals surface area (Å²) in [4.78, 5) is 11.4. The number of aryl methyl sites for hydroxylation is 1. The number of benzene rings is 3. The molecule has 150 valence electrons. The number of hydrogen-bond donors (Lipinski definition) is 1. The third-order valence-corrected chi connectivity index (χ3v) is 6.57. The van der Waals surface area contributed by atoms with Gasteiger partial charge in [-0.3, -0.25) is 4.31 Å². The molecule has 0 aliphatic carbocycles. The lowest BCUT2D eigenvalue weighted by molar-refractivity contribution is 0.0696. The smallest absolute Gasteiger partial charge is 0.335 e. The molecule has 0 fully saturated rings. The van der Waals surface area contributed by atoms with Crippen LogP contribution >= 0.6 is 11.6 Å². The Kier molecular flexibility index (Phi) is 6.25. The standard InChI is InChI=1S/C22H20ClNO4S/c1-2-17-7-3-4-9-21(17)24(15-16-6-5-8-18(14-16)22(25)26)29(27,28)20-12-10-19(23)11-13-20/h3-14H,2,15H2,1H3,(H,25,26). The monoisotopic (exact) mass is 429 g/mol. The van der Waals surface area contributed by atoms with E-state index in [1.807, 2.05) is 19.1 Å².